The Morgan fingerprint density at radius 3 is 2.65 bits per heavy atom. The van der Waals surface area contributed by atoms with Crippen molar-refractivity contribution in [3.05, 3.63) is 48.8 Å². The highest BCUT2D eigenvalue weighted by Gasteiger charge is 2.20. The van der Waals surface area contributed by atoms with Crippen molar-refractivity contribution in [3.8, 4) is 11.4 Å². The molecule has 4 rings (SSSR count). The maximum Gasteiger partial charge on any atom is 0.163 e. The fraction of sp³-hybridized carbons (Fsp3) is 0.381. The average molecular weight is 347 g/mol. The molecule has 1 fully saturated rings. The molecule has 26 heavy (non-hydrogen) atoms. The number of aromatic nitrogens is 3. The number of hydrogen-bond acceptors (Lipinski definition) is 5. The molecule has 0 N–H and O–H groups in total. The lowest BCUT2D eigenvalue weighted by atomic mass is 9.96. The van der Waals surface area contributed by atoms with Crippen molar-refractivity contribution < 1.29 is 0 Å². The van der Waals surface area contributed by atoms with Gasteiger partial charge in [0.1, 0.15) is 5.82 Å². The van der Waals surface area contributed by atoms with Gasteiger partial charge in [0.2, 0.25) is 0 Å². The summed E-state index contributed by atoms with van der Waals surface area (Å²) in [6, 6.07) is 12.2. The average Bonchev–Trinajstić information content (AvgIpc) is 2.69. The summed E-state index contributed by atoms with van der Waals surface area (Å²) in [5.41, 5.74) is 1.93. The zero-order chi connectivity index (χ0) is 17.9. The molecule has 134 valence electrons. The Balaban J connectivity index is 1.68. The quantitative estimate of drug-likeness (QED) is 0.723. The molecule has 0 unspecified atom stereocenters. The number of nitrogens with zero attached hydrogens (tertiary/aromatic N) is 5. The number of rotatable bonds is 4. The second kappa shape index (κ2) is 7.38. The van der Waals surface area contributed by atoms with Crippen LogP contribution in [0.15, 0.2) is 48.8 Å². The highest BCUT2D eigenvalue weighted by molar-refractivity contribution is 5.90. The van der Waals surface area contributed by atoms with Crippen molar-refractivity contribution in [2.75, 3.05) is 38.6 Å². The van der Waals surface area contributed by atoms with Gasteiger partial charge in [-0.2, -0.15) is 0 Å². The molecule has 5 nitrogen and oxygen atoms in total. The van der Waals surface area contributed by atoms with E-state index in [1.807, 2.05) is 24.4 Å². The fourth-order valence-corrected chi connectivity index (χ4v) is 3.69. The summed E-state index contributed by atoms with van der Waals surface area (Å²) in [5.74, 6) is 2.46. The van der Waals surface area contributed by atoms with Crippen LogP contribution in [0.5, 0.6) is 0 Å². The molecule has 2 aromatic heterocycles. The van der Waals surface area contributed by atoms with E-state index in [1.54, 1.807) is 6.20 Å². The Morgan fingerprint density at radius 1 is 1.08 bits per heavy atom. The van der Waals surface area contributed by atoms with Crippen molar-refractivity contribution in [1.29, 1.82) is 0 Å². The van der Waals surface area contributed by atoms with E-state index in [9.17, 15) is 0 Å². The molecular weight excluding hydrogens is 322 g/mol. The molecule has 1 aliphatic heterocycles. The molecule has 3 heterocycles. The molecule has 0 aliphatic carbocycles. The minimum atomic E-state index is 0.715. The third kappa shape index (κ3) is 3.53. The van der Waals surface area contributed by atoms with E-state index in [1.165, 1.54) is 25.9 Å². The van der Waals surface area contributed by atoms with Crippen molar-refractivity contribution in [3.63, 3.8) is 0 Å². The lowest BCUT2D eigenvalue weighted by Crippen LogP contribution is -2.36. The van der Waals surface area contributed by atoms with Crippen molar-refractivity contribution in [1.82, 2.24) is 19.9 Å². The number of piperidine rings is 1. The summed E-state index contributed by atoms with van der Waals surface area (Å²) in [4.78, 5) is 18.6. The number of para-hydroxylation sites is 1. The highest BCUT2D eigenvalue weighted by Crippen LogP contribution is 2.28. The molecule has 1 aliphatic rings. The molecule has 0 spiro atoms. The van der Waals surface area contributed by atoms with Crippen LogP contribution in [0.25, 0.3) is 22.3 Å². The number of hydrogen-bond donors (Lipinski definition) is 0. The molecule has 0 radical (unpaired) electrons. The zero-order valence-corrected chi connectivity index (χ0v) is 15.5. The number of likely N-dealkylation sites (tertiary alicyclic amines) is 1. The van der Waals surface area contributed by atoms with Crippen LogP contribution < -0.4 is 4.90 Å². The van der Waals surface area contributed by atoms with Gasteiger partial charge in [-0.25, -0.2) is 9.97 Å². The van der Waals surface area contributed by atoms with Gasteiger partial charge in [0, 0.05) is 36.9 Å². The Morgan fingerprint density at radius 2 is 1.88 bits per heavy atom. The van der Waals surface area contributed by atoms with Crippen LogP contribution in [-0.2, 0) is 0 Å². The summed E-state index contributed by atoms with van der Waals surface area (Å²) in [6.45, 7) is 3.40. The van der Waals surface area contributed by atoms with Crippen molar-refractivity contribution in [2.45, 2.75) is 12.8 Å². The monoisotopic (exact) mass is 347 g/mol. The molecule has 3 aromatic rings. The first-order valence-electron chi connectivity index (χ1n) is 9.27. The maximum atomic E-state index is 4.92. The minimum Gasteiger partial charge on any atom is -0.359 e. The smallest absolute Gasteiger partial charge is 0.163 e. The van der Waals surface area contributed by atoms with Gasteiger partial charge in [0.05, 0.1) is 5.52 Å². The summed E-state index contributed by atoms with van der Waals surface area (Å²) in [5, 5.41) is 1.11. The normalized spacial score (nSPS) is 16.1. The Kier molecular flexibility index (Phi) is 4.80. The van der Waals surface area contributed by atoms with E-state index in [2.05, 4.69) is 47.1 Å². The molecule has 0 atom stereocenters. The lowest BCUT2D eigenvalue weighted by Gasteiger charge is -2.32. The molecule has 1 aromatic carbocycles. The minimum absolute atomic E-state index is 0.715. The van der Waals surface area contributed by atoms with E-state index in [0.717, 1.165) is 34.7 Å². The predicted molar refractivity (Wildman–Crippen MR) is 106 cm³/mol. The Bertz CT molecular complexity index is 872. The molecule has 5 heteroatoms. The summed E-state index contributed by atoms with van der Waals surface area (Å²) < 4.78 is 0. The van der Waals surface area contributed by atoms with Crippen LogP contribution in [0.4, 0.5) is 5.82 Å². The number of anilines is 1. The van der Waals surface area contributed by atoms with Crippen LogP contribution in [0.2, 0.25) is 0 Å². The van der Waals surface area contributed by atoms with Crippen LogP contribution in [0, 0.1) is 5.92 Å². The van der Waals surface area contributed by atoms with Crippen LogP contribution in [0.1, 0.15) is 12.8 Å². The van der Waals surface area contributed by atoms with Crippen LogP contribution in [0.3, 0.4) is 0 Å². The van der Waals surface area contributed by atoms with Crippen LogP contribution in [-0.4, -0.2) is 53.6 Å². The van der Waals surface area contributed by atoms with Crippen molar-refractivity contribution in [2.24, 2.45) is 5.92 Å². The fourth-order valence-electron chi connectivity index (χ4n) is 3.69. The van der Waals surface area contributed by atoms with Gasteiger partial charge in [-0.05, 0) is 63.2 Å². The van der Waals surface area contributed by atoms with E-state index in [-0.39, 0.29) is 0 Å². The van der Waals surface area contributed by atoms with E-state index in [0.29, 0.717) is 5.92 Å². The zero-order valence-electron chi connectivity index (χ0n) is 15.5. The SMILES string of the molecule is CN1CCC(CN(C)c2nc(-c3cccnc3)nc3ccccc23)CC1. The second-order valence-corrected chi connectivity index (χ2v) is 7.26. The number of benzene rings is 1. The van der Waals surface area contributed by atoms with Gasteiger partial charge >= 0.3 is 0 Å². The van der Waals surface area contributed by atoms with Gasteiger partial charge in [-0.1, -0.05) is 12.1 Å². The first-order chi connectivity index (χ1) is 12.7. The molecule has 0 saturated carbocycles. The van der Waals surface area contributed by atoms with Gasteiger partial charge in [-0.15, -0.1) is 0 Å². The molecule has 0 amide bonds. The van der Waals surface area contributed by atoms with Gasteiger partial charge in [0.15, 0.2) is 5.82 Å². The first kappa shape index (κ1) is 16.9. The van der Waals surface area contributed by atoms with Gasteiger partial charge in [0.25, 0.3) is 0 Å². The van der Waals surface area contributed by atoms with E-state index < -0.39 is 0 Å². The Hall–Kier alpha value is -2.53. The van der Waals surface area contributed by atoms with Crippen LogP contribution >= 0.6 is 0 Å². The predicted octanol–water partition coefficient (Wildman–Crippen LogP) is 3.47. The van der Waals surface area contributed by atoms with Gasteiger partial charge in [-0.3, -0.25) is 4.98 Å². The summed E-state index contributed by atoms with van der Waals surface area (Å²) >= 11 is 0. The molecular formula is C21H25N5. The lowest BCUT2D eigenvalue weighted by molar-refractivity contribution is 0.222. The second-order valence-electron chi connectivity index (χ2n) is 7.26. The third-order valence-corrected chi connectivity index (χ3v) is 5.23. The maximum absolute atomic E-state index is 4.92. The highest BCUT2D eigenvalue weighted by atomic mass is 15.2. The number of pyridine rings is 1. The largest absolute Gasteiger partial charge is 0.359 e. The van der Waals surface area contributed by atoms with E-state index >= 15 is 0 Å². The summed E-state index contributed by atoms with van der Waals surface area (Å²) in [7, 11) is 4.36. The van der Waals surface area contributed by atoms with Gasteiger partial charge < -0.3 is 9.80 Å². The Labute approximate surface area is 154 Å². The van der Waals surface area contributed by atoms with E-state index in [4.69, 9.17) is 9.97 Å². The third-order valence-electron chi connectivity index (χ3n) is 5.23. The molecule has 0 bridgehead atoms. The summed E-state index contributed by atoms with van der Waals surface area (Å²) in [6.07, 6.45) is 6.10. The van der Waals surface area contributed by atoms with Crippen molar-refractivity contribution >= 4 is 16.7 Å². The first-order valence-corrected chi connectivity index (χ1v) is 9.27. The number of fused-ring (bicyclic) bond motifs is 1. The topological polar surface area (TPSA) is 45.2 Å². The standard InChI is InChI=1S/C21H25N5/c1-25-12-9-16(10-13-25)15-26(2)21-18-7-3-4-8-19(18)23-20(24-21)17-6-5-11-22-14-17/h3-8,11,14,16H,9-10,12-13,15H2,1-2H3. The molecule has 1 saturated heterocycles.